The Balaban J connectivity index is 0.00000192. The van der Waals surface area contributed by atoms with Gasteiger partial charge in [-0.15, -0.1) is 12.4 Å². The summed E-state index contributed by atoms with van der Waals surface area (Å²) in [4.78, 5) is 14.6. The van der Waals surface area contributed by atoms with Crippen molar-refractivity contribution in [2.75, 3.05) is 38.5 Å². The van der Waals surface area contributed by atoms with Crippen LogP contribution in [0.2, 0.25) is 0 Å². The van der Waals surface area contributed by atoms with Crippen LogP contribution in [0.3, 0.4) is 0 Å². The SMILES string of the molecule is CNCC1CCCN(CC(=O)Nc2ccc3c(c2)CCC3)C1.Cl. The number of benzene rings is 1. The molecule has 1 aromatic rings. The van der Waals surface area contributed by atoms with Gasteiger partial charge >= 0.3 is 0 Å². The number of piperidine rings is 1. The monoisotopic (exact) mass is 337 g/mol. The Morgan fingerprint density at radius 2 is 2.09 bits per heavy atom. The molecule has 1 heterocycles. The van der Waals surface area contributed by atoms with E-state index in [2.05, 4.69) is 27.7 Å². The first-order valence-electron chi connectivity index (χ1n) is 8.53. The van der Waals surface area contributed by atoms with Crippen molar-refractivity contribution < 1.29 is 4.79 Å². The molecule has 1 saturated heterocycles. The normalized spacial score (nSPS) is 20.7. The molecule has 2 N–H and O–H groups in total. The van der Waals surface area contributed by atoms with Gasteiger partial charge in [0.2, 0.25) is 5.91 Å². The maximum atomic E-state index is 12.3. The number of hydrogen-bond donors (Lipinski definition) is 2. The lowest BCUT2D eigenvalue weighted by atomic mass is 9.98. The molecule has 1 unspecified atom stereocenters. The molecule has 1 aromatic carbocycles. The first-order chi connectivity index (χ1) is 10.7. The van der Waals surface area contributed by atoms with Gasteiger partial charge in [0.15, 0.2) is 0 Å². The molecular weight excluding hydrogens is 310 g/mol. The summed E-state index contributed by atoms with van der Waals surface area (Å²) in [6.45, 7) is 3.62. The van der Waals surface area contributed by atoms with Gasteiger partial charge in [0, 0.05) is 12.2 Å². The van der Waals surface area contributed by atoms with Crippen molar-refractivity contribution in [3.63, 3.8) is 0 Å². The second-order valence-electron chi connectivity index (χ2n) is 6.69. The number of rotatable bonds is 5. The fourth-order valence-corrected chi connectivity index (χ4v) is 3.80. The molecule has 2 aliphatic rings. The first-order valence-corrected chi connectivity index (χ1v) is 8.53. The lowest BCUT2D eigenvalue weighted by Gasteiger charge is -2.32. The van der Waals surface area contributed by atoms with E-state index >= 15 is 0 Å². The highest BCUT2D eigenvalue weighted by molar-refractivity contribution is 5.92. The van der Waals surface area contributed by atoms with Crippen LogP contribution in [0.5, 0.6) is 0 Å². The van der Waals surface area contributed by atoms with Crippen LogP contribution in [0.4, 0.5) is 5.69 Å². The molecule has 0 radical (unpaired) electrons. The second kappa shape index (κ2) is 8.67. The summed E-state index contributed by atoms with van der Waals surface area (Å²) in [6.07, 6.45) is 6.04. The van der Waals surface area contributed by atoms with E-state index in [1.165, 1.54) is 36.8 Å². The lowest BCUT2D eigenvalue weighted by Crippen LogP contribution is -2.42. The summed E-state index contributed by atoms with van der Waals surface area (Å²) < 4.78 is 0. The second-order valence-corrected chi connectivity index (χ2v) is 6.69. The topological polar surface area (TPSA) is 44.4 Å². The number of nitrogens with zero attached hydrogens (tertiary/aromatic N) is 1. The lowest BCUT2D eigenvalue weighted by molar-refractivity contribution is -0.117. The molecule has 1 aliphatic carbocycles. The van der Waals surface area contributed by atoms with Crippen molar-refractivity contribution in [1.29, 1.82) is 0 Å². The molecule has 3 rings (SSSR count). The van der Waals surface area contributed by atoms with Gasteiger partial charge in [-0.2, -0.15) is 0 Å². The van der Waals surface area contributed by atoms with E-state index in [-0.39, 0.29) is 18.3 Å². The Bertz CT molecular complexity index is 533. The van der Waals surface area contributed by atoms with Crippen LogP contribution in [-0.4, -0.2) is 44.0 Å². The Labute approximate surface area is 145 Å². The fourth-order valence-electron chi connectivity index (χ4n) is 3.80. The average molecular weight is 338 g/mol. The van der Waals surface area contributed by atoms with Gasteiger partial charge < -0.3 is 10.6 Å². The number of likely N-dealkylation sites (tertiary alicyclic amines) is 1. The van der Waals surface area contributed by atoms with Crippen molar-refractivity contribution in [3.05, 3.63) is 29.3 Å². The molecule has 1 atom stereocenters. The molecule has 128 valence electrons. The van der Waals surface area contributed by atoms with E-state index in [4.69, 9.17) is 0 Å². The Hall–Kier alpha value is -1.10. The van der Waals surface area contributed by atoms with Crippen LogP contribution in [0, 0.1) is 5.92 Å². The number of nitrogens with one attached hydrogen (secondary N) is 2. The Morgan fingerprint density at radius 1 is 1.26 bits per heavy atom. The largest absolute Gasteiger partial charge is 0.325 e. The zero-order chi connectivity index (χ0) is 15.4. The predicted molar refractivity (Wildman–Crippen MR) is 97.4 cm³/mol. The molecule has 0 saturated carbocycles. The molecule has 23 heavy (non-hydrogen) atoms. The molecular formula is C18H28ClN3O. The number of anilines is 1. The van der Waals surface area contributed by atoms with Crippen LogP contribution in [0.25, 0.3) is 0 Å². The van der Waals surface area contributed by atoms with Crippen LogP contribution in [0.1, 0.15) is 30.4 Å². The maximum absolute atomic E-state index is 12.3. The zero-order valence-corrected chi connectivity index (χ0v) is 14.8. The fraction of sp³-hybridized carbons (Fsp3) is 0.611. The number of amides is 1. The molecule has 1 amide bonds. The maximum Gasteiger partial charge on any atom is 0.238 e. The van der Waals surface area contributed by atoms with E-state index in [9.17, 15) is 4.79 Å². The summed E-state index contributed by atoms with van der Waals surface area (Å²) >= 11 is 0. The third-order valence-electron chi connectivity index (χ3n) is 4.85. The van der Waals surface area contributed by atoms with E-state index in [1.54, 1.807) is 0 Å². The van der Waals surface area contributed by atoms with Gasteiger partial charge in [-0.1, -0.05) is 6.07 Å². The highest BCUT2D eigenvalue weighted by atomic mass is 35.5. The average Bonchev–Trinajstić information content (AvgIpc) is 2.95. The minimum Gasteiger partial charge on any atom is -0.325 e. The van der Waals surface area contributed by atoms with Gasteiger partial charge in [-0.25, -0.2) is 0 Å². The third kappa shape index (κ3) is 4.93. The highest BCUT2D eigenvalue weighted by Crippen LogP contribution is 2.25. The molecule has 0 spiro atoms. The summed E-state index contributed by atoms with van der Waals surface area (Å²) in [5, 5.41) is 6.32. The zero-order valence-electron chi connectivity index (χ0n) is 13.9. The van der Waals surface area contributed by atoms with Gasteiger partial charge in [0.25, 0.3) is 0 Å². The van der Waals surface area contributed by atoms with E-state index < -0.39 is 0 Å². The predicted octanol–water partition coefficient (Wildman–Crippen LogP) is 2.47. The summed E-state index contributed by atoms with van der Waals surface area (Å²) in [6, 6.07) is 6.37. The number of hydrogen-bond acceptors (Lipinski definition) is 3. The molecule has 0 aromatic heterocycles. The van der Waals surface area contributed by atoms with E-state index in [1.807, 2.05) is 13.1 Å². The number of fused-ring (bicyclic) bond motifs is 1. The summed E-state index contributed by atoms with van der Waals surface area (Å²) in [5.41, 5.74) is 3.81. The van der Waals surface area contributed by atoms with Gasteiger partial charge in [-0.3, -0.25) is 9.69 Å². The standard InChI is InChI=1S/C18H27N3O.ClH/c1-19-11-14-4-3-9-21(12-14)13-18(22)20-17-8-7-15-5-2-6-16(15)10-17;/h7-8,10,14,19H,2-6,9,11-13H2,1H3,(H,20,22);1H. The Morgan fingerprint density at radius 3 is 2.91 bits per heavy atom. The van der Waals surface area contributed by atoms with E-state index in [0.29, 0.717) is 12.5 Å². The Kier molecular flexibility index (Phi) is 6.88. The van der Waals surface area contributed by atoms with Crippen molar-refractivity contribution in [2.45, 2.75) is 32.1 Å². The summed E-state index contributed by atoms with van der Waals surface area (Å²) in [7, 11) is 2.00. The first kappa shape index (κ1) is 18.2. The van der Waals surface area contributed by atoms with Crippen LogP contribution < -0.4 is 10.6 Å². The van der Waals surface area contributed by atoms with Gasteiger partial charge in [0.05, 0.1) is 6.54 Å². The van der Waals surface area contributed by atoms with Crippen molar-refractivity contribution in [1.82, 2.24) is 10.2 Å². The molecule has 1 fully saturated rings. The smallest absolute Gasteiger partial charge is 0.238 e. The van der Waals surface area contributed by atoms with Crippen molar-refractivity contribution in [3.8, 4) is 0 Å². The van der Waals surface area contributed by atoms with Crippen molar-refractivity contribution in [2.24, 2.45) is 5.92 Å². The number of halogens is 1. The third-order valence-corrected chi connectivity index (χ3v) is 4.85. The minimum absolute atomic E-state index is 0. The minimum atomic E-state index is 0. The van der Waals surface area contributed by atoms with Gasteiger partial charge in [-0.05, 0) is 81.4 Å². The van der Waals surface area contributed by atoms with Crippen LogP contribution in [0.15, 0.2) is 18.2 Å². The van der Waals surface area contributed by atoms with E-state index in [0.717, 1.165) is 31.7 Å². The molecule has 5 heteroatoms. The summed E-state index contributed by atoms with van der Waals surface area (Å²) in [5.74, 6) is 0.787. The molecule has 0 bridgehead atoms. The van der Waals surface area contributed by atoms with Crippen LogP contribution in [-0.2, 0) is 17.6 Å². The van der Waals surface area contributed by atoms with Crippen LogP contribution >= 0.6 is 12.4 Å². The quantitative estimate of drug-likeness (QED) is 0.867. The molecule has 1 aliphatic heterocycles. The van der Waals surface area contributed by atoms with Gasteiger partial charge in [0.1, 0.15) is 0 Å². The number of carbonyl (C=O) groups excluding carboxylic acids is 1. The van der Waals surface area contributed by atoms with Crippen molar-refractivity contribution >= 4 is 24.0 Å². The number of aryl methyl sites for hydroxylation is 2. The molecule has 4 nitrogen and oxygen atoms in total. The highest BCUT2D eigenvalue weighted by Gasteiger charge is 2.21. The number of carbonyl (C=O) groups is 1.